The highest BCUT2D eigenvalue weighted by atomic mass is 79.9. The highest BCUT2D eigenvalue weighted by molar-refractivity contribution is 9.10. The summed E-state index contributed by atoms with van der Waals surface area (Å²) >= 11 is 9.57. The minimum absolute atomic E-state index is 0.490. The van der Waals surface area contributed by atoms with Gasteiger partial charge in [-0.05, 0) is 31.0 Å². The molecule has 1 aromatic heterocycles. The number of halogens is 2. The number of nitrogens with zero attached hydrogens (tertiary/aromatic N) is 2. The molecule has 0 fully saturated rings. The Morgan fingerprint density at radius 1 is 1.50 bits per heavy atom. The van der Waals surface area contributed by atoms with Gasteiger partial charge in [-0.25, -0.2) is 0 Å². The van der Waals surface area contributed by atoms with Gasteiger partial charge in [-0.15, -0.1) is 0 Å². The van der Waals surface area contributed by atoms with Crippen LogP contribution in [0.2, 0.25) is 5.02 Å². The number of aryl methyl sites for hydroxylation is 1. The highest BCUT2D eigenvalue weighted by Gasteiger charge is 2.21. The van der Waals surface area contributed by atoms with E-state index in [1.165, 1.54) is 0 Å². The average Bonchev–Trinajstić information content (AvgIpc) is 2.73. The third-order valence-electron chi connectivity index (χ3n) is 3.00. The number of rotatable bonds is 3. The van der Waals surface area contributed by atoms with Crippen LogP contribution in [0.4, 0.5) is 0 Å². The Bertz CT molecular complexity index is 568. The van der Waals surface area contributed by atoms with E-state index in [4.69, 9.17) is 11.6 Å². The van der Waals surface area contributed by atoms with Crippen LogP contribution < -0.4 is 0 Å². The van der Waals surface area contributed by atoms with Gasteiger partial charge in [0.05, 0.1) is 16.9 Å². The van der Waals surface area contributed by atoms with Crippen LogP contribution in [0.25, 0.3) is 0 Å². The maximum absolute atomic E-state index is 10.5. The zero-order chi connectivity index (χ0) is 13.3. The Balaban J connectivity index is 2.51. The van der Waals surface area contributed by atoms with Gasteiger partial charge in [0.2, 0.25) is 0 Å². The summed E-state index contributed by atoms with van der Waals surface area (Å²) in [5, 5.41) is 15.1. The van der Waals surface area contributed by atoms with Crippen LogP contribution in [0.15, 0.2) is 28.9 Å². The maximum atomic E-state index is 10.5. The van der Waals surface area contributed by atoms with Gasteiger partial charge in [0.15, 0.2) is 0 Å². The molecule has 18 heavy (non-hydrogen) atoms. The van der Waals surface area contributed by atoms with Gasteiger partial charge in [-0.2, -0.15) is 5.10 Å². The minimum Gasteiger partial charge on any atom is -0.382 e. The van der Waals surface area contributed by atoms with Gasteiger partial charge in [0.1, 0.15) is 6.10 Å². The summed E-state index contributed by atoms with van der Waals surface area (Å²) in [6, 6.07) is 5.74. The molecular formula is C13H14BrClN2O. The lowest BCUT2D eigenvalue weighted by atomic mass is 10.0. The van der Waals surface area contributed by atoms with E-state index in [0.717, 1.165) is 15.6 Å². The van der Waals surface area contributed by atoms with Crippen LogP contribution in [-0.4, -0.2) is 14.9 Å². The van der Waals surface area contributed by atoms with Gasteiger partial charge in [-0.1, -0.05) is 39.7 Å². The molecule has 0 bridgehead atoms. The maximum Gasteiger partial charge on any atom is 0.122 e. The predicted octanol–water partition coefficient (Wildman–Crippen LogP) is 3.71. The second-order valence-electron chi connectivity index (χ2n) is 4.05. The molecule has 5 heteroatoms. The van der Waals surface area contributed by atoms with Gasteiger partial charge in [-0.3, -0.25) is 4.68 Å². The zero-order valence-electron chi connectivity index (χ0n) is 10.2. The van der Waals surface area contributed by atoms with Crippen LogP contribution in [0.3, 0.4) is 0 Å². The van der Waals surface area contributed by atoms with E-state index in [2.05, 4.69) is 21.0 Å². The molecule has 0 aliphatic rings. The summed E-state index contributed by atoms with van der Waals surface area (Å²) < 4.78 is 2.69. The largest absolute Gasteiger partial charge is 0.382 e. The van der Waals surface area contributed by atoms with Gasteiger partial charge < -0.3 is 5.11 Å². The first-order valence-corrected chi connectivity index (χ1v) is 6.87. The van der Waals surface area contributed by atoms with E-state index in [9.17, 15) is 5.11 Å². The summed E-state index contributed by atoms with van der Waals surface area (Å²) in [6.07, 6.45) is 0.800. The summed E-state index contributed by atoms with van der Waals surface area (Å²) in [7, 11) is 0. The summed E-state index contributed by atoms with van der Waals surface area (Å²) in [5.74, 6) is 0. The van der Waals surface area contributed by atoms with Crippen molar-refractivity contribution in [3.63, 3.8) is 0 Å². The lowest BCUT2D eigenvalue weighted by molar-refractivity contribution is 0.207. The smallest absolute Gasteiger partial charge is 0.122 e. The molecule has 0 aliphatic carbocycles. The Morgan fingerprint density at radius 3 is 2.89 bits per heavy atom. The fourth-order valence-electron chi connectivity index (χ4n) is 1.96. The van der Waals surface area contributed by atoms with Gasteiger partial charge >= 0.3 is 0 Å². The molecule has 3 nitrogen and oxygen atoms in total. The lowest BCUT2D eigenvalue weighted by Gasteiger charge is -2.16. The molecule has 1 atom stereocenters. The first-order valence-electron chi connectivity index (χ1n) is 5.70. The molecular weight excluding hydrogens is 316 g/mol. The minimum atomic E-state index is -0.766. The number of aliphatic hydroxyl groups excluding tert-OH is 1. The molecule has 1 aromatic carbocycles. The van der Waals surface area contributed by atoms with Crippen LogP contribution in [0.1, 0.15) is 29.8 Å². The Kier molecular flexibility index (Phi) is 4.10. The van der Waals surface area contributed by atoms with E-state index in [0.29, 0.717) is 17.3 Å². The molecule has 0 saturated heterocycles. The SMILES string of the molecule is CCn1ncc(Cl)c1C(O)c1cccc(Br)c1C. The van der Waals surface area contributed by atoms with E-state index >= 15 is 0 Å². The Labute approximate surface area is 120 Å². The van der Waals surface area contributed by atoms with E-state index in [-0.39, 0.29) is 0 Å². The first kappa shape index (κ1) is 13.6. The number of benzene rings is 1. The predicted molar refractivity (Wildman–Crippen MR) is 75.9 cm³/mol. The number of hydrogen-bond donors (Lipinski definition) is 1. The number of aromatic nitrogens is 2. The molecule has 1 heterocycles. The molecule has 1 unspecified atom stereocenters. The average molecular weight is 330 g/mol. The fraction of sp³-hybridized carbons (Fsp3) is 0.308. The number of aliphatic hydroxyl groups is 1. The fourth-order valence-corrected chi connectivity index (χ4v) is 2.59. The van der Waals surface area contributed by atoms with E-state index < -0.39 is 6.10 Å². The lowest BCUT2D eigenvalue weighted by Crippen LogP contribution is -2.10. The summed E-state index contributed by atoms with van der Waals surface area (Å²) in [6.45, 7) is 4.60. The standard InChI is InChI=1S/C13H14BrClN2O/c1-3-17-12(11(15)7-16-17)13(18)9-5-4-6-10(14)8(9)2/h4-7,13,18H,3H2,1-2H3. The van der Waals surface area contributed by atoms with E-state index in [1.54, 1.807) is 10.9 Å². The summed E-state index contributed by atoms with van der Waals surface area (Å²) in [4.78, 5) is 0. The van der Waals surface area contributed by atoms with Crippen molar-refractivity contribution in [1.29, 1.82) is 0 Å². The first-order chi connectivity index (χ1) is 8.56. The van der Waals surface area contributed by atoms with Crippen LogP contribution in [0.5, 0.6) is 0 Å². The van der Waals surface area contributed by atoms with Gasteiger partial charge in [0, 0.05) is 11.0 Å². The Hall–Kier alpha value is -0.840. The topological polar surface area (TPSA) is 38.0 Å². The van der Waals surface area contributed by atoms with Crippen LogP contribution >= 0.6 is 27.5 Å². The highest BCUT2D eigenvalue weighted by Crippen LogP contribution is 2.32. The van der Waals surface area contributed by atoms with Crippen molar-refractivity contribution in [1.82, 2.24) is 9.78 Å². The summed E-state index contributed by atoms with van der Waals surface area (Å²) in [5.41, 5.74) is 2.48. The van der Waals surface area contributed by atoms with E-state index in [1.807, 2.05) is 32.0 Å². The normalized spacial score (nSPS) is 12.7. The van der Waals surface area contributed by atoms with Crippen molar-refractivity contribution >= 4 is 27.5 Å². The molecule has 0 aliphatic heterocycles. The van der Waals surface area contributed by atoms with Crippen molar-refractivity contribution in [3.8, 4) is 0 Å². The molecule has 0 saturated carbocycles. The molecule has 0 amide bonds. The van der Waals surface area contributed by atoms with Crippen molar-refractivity contribution < 1.29 is 5.11 Å². The second kappa shape index (κ2) is 5.43. The van der Waals surface area contributed by atoms with Crippen LogP contribution in [-0.2, 0) is 6.54 Å². The zero-order valence-corrected chi connectivity index (χ0v) is 12.5. The molecule has 1 N–H and O–H groups in total. The second-order valence-corrected chi connectivity index (χ2v) is 5.31. The monoisotopic (exact) mass is 328 g/mol. The number of hydrogen-bond acceptors (Lipinski definition) is 2. The third-order valence-corrected chi connectivity index (χ3v) is 4.15. The van der Waals surface area contributed by atoms with Crippen molar-refractivity contribution in [2.45, 2.75) is 26.5 Å². The third kappa shape index (κ3) is 2.32. The Morgan fingerprint density at radius 2 is 2.22 bits per heavy atom. The molecule has 96 valence electrons. The quantitative estimate of drug-likeness (QED) is 0.932. The van der Waals surface area contributed by atoms with Gasteiger partial charge in [0.25, 0.3) is 0 Å². The molecule has 0 radical (unpaired) electrons. The van der Waals surface area contributed by atoms with Crippen molar-refractivity contribution in [2.24, 2.45) is 0 Å². The van der Waals surface area contributed by atoms with Crippen molar-refractivity contribution in [3.05, 3.63) is 50.7 Å². The van der Waals surface area contributed by atoms with Crippen LogP contribution in [0, 0.1) is 6.92 Å². The molecule has 0 spiro atoms. The molecule has 2 aromatic rings. The van der Waals surface area contributed by atoms with Crippen molar-refractivity contribution in [2.75, 3.05) is 0 Å². The molecule has 2 rings (SSSR count).